The molecule has 248 valence electrons. The van der Waals surface area contributed by atoms with E-state index in [4.69, 9.17) is 4.74 Å². The average molecular weight is 663 g/mol. The van der Waals surface area contributed by atoms with Crippen LogP contribution in [-0.4, -0.2) is 82.9 Å². The van der Waals surface area contributed by atoms with Gasteiger partial charge in [0.25, 0.3) is 0 Å². The summed E-state index contributed by atoms with van der Waals surface area (Å²) >= 11 is 0. The maximum Gasteiger partial charge on any atom is 0.212 e. The van der Waals surface area contributed by atoms with Gasteiger partial charge in [-0.25, -0.2) is 28.1 Å². The molecule has 1 aliphatic heterocycles. The largest absolute Gasteiger partial charge is 0.387 e. The fourth-order valence-corrected chi connectivity index (χ4v) is 6.97. The summed E-state index contributed by atoms with van der Waals surface area (Å²) in [5.74, 6) is 0.527. The van der Waals surface area contributed by atoms with Crippen LogP contribution in [0.25, 0.3) is 11.2 Å². The molecule has 1 fully saturated rings. The van der Waals surface area contributed by atoms with Gasteiger partial charge in [0.2, 0.25) is 15.8 Å². The third kappa shape index (κ3) is 7.16. The highest BCUT2D eigenvalue weighted by Gasteiger charge is 2.47. The normalized spacial score (nSPS) is 20.1. The van der Waals surface area contributed by atoms with Crippen molar-refractivity contribution in [2.24, 2.45) is 5.92 Å². The van der Waals surface area contributed by atoms with Gasteiger partial charge in [-0.2, -0.15) is 4.80 Å². The molecule has 3 aromatic heterocycles. The number of imidazole rings is 1. The van der Waals surface area contributed by atoms with E-state index in [1.807, 2.05) is 57.2 Å². The number of benzene rings is 2. The topological polar surface area (TPSA) is 195 Å². The molecular formula is C31H38N10O5S. The molecule has 2 aromatic carbocycles. The maximum atomic E-state index is 12.7. The molecule has 4 heterocycles. The molecule has 16 heteroatoms. The van der Waals surface area contributed by atoms with E-state index in [9.17, 15) is 18.6 Å². The van der Waals surface area contributed by atoms with Crippen molar-refractivity contribution in [3.63, 3.8) is 0 Å². The number of hydrogen-bond donors (Lipinski definition) is 4. The van der Waals surface area contributed by atoms with E-state index in [0.717, 1.165) is 11.1 Å². The molecule has 1 aliphatic rings. The summed E-state index contributed by atoms with van der Waals surface area (Å²) < 4.78 is 35.6. The van der Waals surface area contributed by atoms with Gasteiger partial charge in [0.1, 0.15) is 18.0 Å². The standard InChI is InChI=1S/C31H38N10O5S/c1-4-41-38-29(37-39-41)27-25(42)26(43)31(46-27)40-18-33-24-28(35-23(36-30(24)40)16-34-47(44,45)17-19(2)3)32-15-22(20-11-7-5-8-12-20)21-13-9-6-10-14-21/h5-14,18-19,22,25-27,31,34,42-43H,4,15-17H2,1-3H3,(H,32,35,36)/t25-,26+,27-,31?/m0/s1. The third-order valence-electron chi connectivity index (χ3n) is 7.87. The molecule has 1 saturated heterocycles. The molecule has 15 nitrogen and oxygen atoms in total. The molecule has 4 atom stereocenters. The van der Waals surface area contributed by atoms with Crippen LogP contribution in [0.5, 0.6) is 0 Å². The van der Waals surface area contributed by atoms with E-state index < -0.39 is 34.6 Å². The van der Waals surface area contributed by atoms with Crippen LogP contribution in [0.1, 0.15) is 61.8 Å². The summed E-state index contributed by atoms with van der Waals surface area (Å²) in [6.45, 7) is 6.24. The Hall–Kier alpha value is -4.35. The Kier molecular flexibility index (Phi) is 9.56. The second-order valence-corrected chi connectivity index (χ2v) is 13.7. The van der Waals surface area contributed by atoms with Crippen LogP contribution in [0.2, 0.25) is 0 Å². The van der Waals surface area contributed by atoms with Gasteiger partial charge in [-0.3, -0.25) is 4.57 Å². The average Bonchev–Trinajstić information content (AvgIpc) is 3.78. The second-order valence-electron chi connectivity index (χ2n) is 11.8. The molecule has 0 bridgehead atoms. The van der Waals surface area contributed by atoms with Gasteiger partial charge in [0, 0.05) is 12.5 Å². The van der Waals surface area contributed by atoms with Crippen LogP contribution in [0, 0.1) is 5.92 Å². The highest BCUT2D eigenvalue weighted by molar-refractivity contribution is 7.89. The van der Waals surface area contributed by atoms with Crippen molar-refractivity contribution >= 4 is 27.0 Å². The zero-order valence-electron chi connectivity index (χ0n) is 26.2. The Bertz CT molecular complexity index is 1860. The number of aryl methyl sites for hydroxylation is 1. The van der Waals surface area contributed by atoms with Crippen molar-refractivity contribution in [1.29, 1.82) is 0 Å². The number of hydrogen-bond acceptors (Lipinski definition) is 12. The van der Waals surface area contributed by atoms with Crippen LogP contribution in [0.3, 0.4) is 0 Å². The van der Waals surface area contributed by atoms with E-state index in [2.05, 4.69) is 64.7 Å². The minimum atomic E-state index is -3.60. The lowest BCUT2D eigenvalue weighted by Crippen LogP contribution is -2.30. The van der Waals surface area contributed by atoms with Crippen molar-refractivity contribution in [2.45, 2.75) is 64.3 Å². The lowest BCUT2D eigenvalue weighted by molar-refractivity contribution is -0.0384. The second kappa shape index (κ2) is 13.8. The van der Waals surface area contributed by atoms with Gasteiger partial charge in [-0.15, -0.1) is 10.2 Å². The first-order valence-electron chi connectivity index (χ1n) is 15.5. The fourth-order valence-electron chi connectivity index (χ4n) is 5.63. The Morgan fingerprint density at radius 2 is 1.66 bits per heavy atom. The number of nitrogens with one attached hydrogen (secondary N) is 2. The number of aliphatic hydroxyl groups is 2. The van der Waals surface area contributed by atoms with Crippen molar-refractivity contribution in [2.75, 3.05) is 17.6 Å². The predicted octanol–water partition coefficient (Wildman–Crippen LogP) is 2.14. The van der Waals surface area contributed by atoms with E-state index in [1.165, 1.54) is 15.7 Å². The molecular weight excluding hydrogens is 624 g/mol. The van der Waals surface area contributed by atoms with Gasteiger partial charge in [-0.05, 0) is 29.2 Å². The lowest BCUT2D eigenvalue weighted by Gasteiger charge is -2.20. The highest BCUT2D eigenvalue weighted by Crippen LogP contribution is 2.39. The summed E-state index contributed by atoms with van der Waals surface area (Å²) in [7, 11) is -3.60. The highest BCUT2D eigenvalue weighted by atomic mass is 32.2. The Morgan fingerprint density at radius 1 is 0.979 bits per heavy atom. The first-order chi connectivity index (χ1) is 22.6. The molecule has 1 unspecified atom stereocenters. The van der Waals surface area contributed by atoms with Crippen molar-refractivity contribution in [3.05, 3.63) is 89.8 Å². The van der Waals surface area contributed by atoms with Gasteiger partial charge in [-0.1, -0.05) is 74.5 Å². The van der Waals surface area contributed by atoms with E-state index in [0.29, 0.717) is 24.4 Å². The number of fused-ring (bicyclic) bond motifs is 1. The van der Waals surface area contributed by atoms with Crippen molar-refractivity contribution in [1.82, 2.24) is 44.4 Å². The number of sulfonamides is 1. The molecule has 0 amide bonds. The molecule has 47 heavy (non-hydrogen) atoms. The van der Waals surface area contributed by atoms with Gasteiger partial charge in [0.15, 0.2) is 29.3 Å². The molecule has 0 spiro atoms. The van der Waals surface area contributed by atoms with Crippen molar-refractivity contribution < 1.29 is 23.4 Å². The smallest absolute Gasteiger partial charge is 0.212 e. The number of rotatable bonds is 13. The van der Waals surface area contributed by atoms with Gasteiger partial charge in [0.05, 0.1) is 25.2 Å². The molecule has 0 radical (unpaired) electrons. The molecule has 6 rings (SSSR count). The monoisotopic (exact) mass is 662 g/mol. The Morgan fingerprint density at radius 3 is 2.28 bits per heavy atom. The third-order valence-corrected chi connectivity index (χ3v) is 9.56. The zero-order valence-corrected chi connectivity index (χ0v) is 27.1. The van der Waals surface area contributed by atoms with Crippen LogP contribution in [0.15, 0.2) is 67.0 Å². The zero-order chi connectivity index (χ0) is 33.1. The molecule has 5 aromatic rings. The number of ether oxygens (including phenoxy) is 1. The van der Waals surface area contributed by atoms with Crippen LogP contribution in [-0.2, 0) is 27.8 Å². The summed E-state index contributed by atoms with van der Waals surface area (Å²) in [6.07, 6.45) is -3.45. The summed E-state index contributed by atoms with van der Waals surface area (Å²) in [5, 5.41) is 37.6. The van der Waals surface area contributed by atoms with Crippen molar-refractivity contribution in [3.8, 4) is 0 Å². The molecule has 0 saturated carbocycles. The maximum absolute atomic E-state index is 12.7. The summed E-state index contributed by atoms with van der Waals surface area (Å²) in [4.78, 5) is 15.2. The number of tetrazole rings is 1. The summed E-state index contributed by atoms with van der Waals surface area (Å²) in [6, 6.07) is 20.1. The minimum Gasteiger partial charge on any atom is -0.387 e. The van der Waals surface area contributed by atoms with E-state index in [1.54, 1.807) is 0 Å². The van der Waals surface area contributed by atoms with Crippen LogP contribution >= 0.6 is 0 Å². The summed E-state index contributed by atoms with van der Waals surface area (Å²) in [5.41, 5.74) is 2.85. The van der Waals surface area contributed by atoms with E-state index >= 15 is 0 Å². The Balaban J connectivity index is 1.35. The predicted molar refractivity (Wildman–Crippen MR) is 172 cm³/mol. The molecule has 0 aliphatic carbocycles. The number of anilines is 1. The number of aromatic nitrogens is 8. The SMILES string of the molecule is CCn1nnc([C@H]2OC(n3cnc4c(NCC(c5ccccc5)c5ccccc5)nc(CNS(=O)(=O)CC(C)C)nc43)[C@H](O)[C@@H]2O)n1. The van der Waals surface area contributed by atoms with Gasteiger partial charge < -0.3 is 20.3 Å². The Labute approximate surface area is 272 Å². The first-order valence-corrected chi connectivity index (χ1v) is 17.1. The fraction of sp³-hybridized carbons (Fsp3) is 0.419. The quantitative estimate of drug-likeness (QED) is 0.144. The first kappa shape index (κ1) is 32.6. The van der Waals surface area contributed by atoms with Gasteiger partial charge >= 0.3 is 0 Å². The number of aliphatic hydroxyl groups excluding tert-OH is 2. The molecule has 4 N–H and O–H groups in total. The lowest BCUT2D eigenvalue weighted by atomic mass is 9.91. The minimum absolute atomic E-state index is 0.0441. The van der Waals surface area contributed by atoms with Crippen LogP contribution in [0.4, 0.5) is 5.82 Å². The van der Waals surface area contributed by atoms with E-state index in [-0.39, 0.29) is 41.4 Å². The number of nitrogens with zero attached hydrogens (tertiary/aromatic N) is 8. The van der Waals surface area contributed by atoms with Crippen LogP contribution < -0.4 is 10.0 Å².